The second kappa shape index (κ2) is 6.00. The number of nitrogens with one attached hydrogen (secondary N) is 1. The highest BCUT2D eigenvalue weighted by Gasteiger charge is 2.24. The van der Waals surface area contributed by atoms with Gasteiger partial charge < -0.3 is 5.32 Å². The van der Waals surface area contributed by atoms with E-state index in [-0.39, 0.29) is 0 Å². The molecule has 2 rings (SSSR count). The maximum atomic E-state index is 4.11. The fourth-order valence-electron chi connectivity index (χ4n) is 2.92. The first-order valence-corrected chi connectivity index (χ1v) is 6.46. The second-order valence-electron chi connectivity index (χ2n) is 4.84. The number of hydrogen-bond acceptors (Lipinski definition) is 2. The summed E-state index contributed by atoms with van der Waals surface area (Å²) in [5.74, 6) is 1.54. The highest BCUT2D eigenvalue weighted by Crippen LogP contribution is 2.35. The van der Waals surface area contributed by atoms with Crippen LogP contribution in [-0.4, -0.2) is 18.6 Å². The average molecular weight is 218 g/mol. The van der Waals surface area contributed by atoms with Gasteiger partial charge in [-0.3, -0.25) is 4.98 Å². The molecule has 2 nitrogen and oxygen atoms in total. The lowest BCUT2D eigenvalue weighted by molar-refractivity contribution is 0.300. The Morgan fingerprint density at radius 1 is 1.25 bits per heavy atom. The smallest absolute Gasteiger partial charge is 0.0270 e. The number of likely N-dealkylation sites (N-methyl/N-ethyl adjacent to an activating group) is 1. The molecule has 0 amide bonds. The Morgan fingerprint density at radius 2 is 1.94 bits per heavy atom. The van der Waals surface area contributed by atoms with Gasteiger partial charge in [-0.2, -0.15) is 0 Å². The molecule has 1 aliphatic carbocycles. The van der Waals surface area contributed by atoms with E-state index in [2.05, 4.69) is 29.5 Å². The zero-order valence-corrected chi connectivity index (χ0v) is 10.2. The van der Waals surface area contributed by atoms with Crippen LogP contribution in [0.3, 0.4) is 0 Å². The Bertz CT molecular complexity index is 291. The van der Waals surface area contributed by atoms with E-state index in [0.717, 1.165) is 12.5 Å². The van der Waals surface area contributed by atoms with Gasteiger partial charge in [-0.1, -0.05) is 19.3 Å². The quantitative estimate of drug-likeness (QED) is 0.840. The minimum absolute atomic E-state index is 0.674. The van der Waals surface area contributed by atoms with Gasteiger partial charge in [-0.05, 0) is 49.4 Å². The SMILES string of the molecule is CNCC(c1ccncc1)C1CCCCC1. The number of rotatable bonds is 4. The largest absolute Gasteiger partial charge is 0.319 e. The van der Waals surface area contributed by atoms with E-state index in [9.17, 15) is 0 Å². The van der Waals surface area contributed by atoms with Crippen LogP contribution in [-0.2, 0) is 0 Å². The number of hydrogen-bond donors (Lipinski definition) is 1. The topological polar surface area (TPSA) is 24.9 Å². The van der Waals surface area contributed by atoms with Crippen LogP contribution in [0.4, 0.5) is 0 Å². The van der Waals surface area contributed by atoms with Gasteiger partial charge in [0, 0.05) is 18.9 Å². The molecule has 0 aliphatic heterocycles. The van der Waals surface area contributed by atoms with Gasteiger partial charge >= 0.3 is 0 Å². The minimum atomic E-state index is 0.674. The van der Waals surface area contributed by atoms with Crippen LogP contribution in [0, 0.1) is 5.92 Å². The molecule has 1 aromatic rings. The molecule has 2 heteroatoms. The van der Waals surface area contributed by atoms with E-state index >= 15 is 0 Å². The van der Waals surface area contributed by atoms with Crippen molar-refractivity contribution in [2.24, 2.45) is 5.92 Å². The minimum Gasteiger partial charge on any atom is -0.319 e. The summed E-state index contributed by atoms with van der Waals surface area (Å²) in [4.78, 5) is 4.11. The first-order chi connectivity index (χ1) is 7.92. The summed E-state index contributed by atoms with van der Waals surface area (Å²) in [6, 6.07) is 4.35. The standard InChI is InChI=1S/C14H22N2/c1-15-11-14(12-5-3-2-4-6-12)13-7-9-16-10-8-13/h7-10,12,14-15H,2-6,11H2,1H3. The fourth-order valence-corrected chi connectivity index (χ4v) is 2.92. The van der Waals surface area contributed by atoms with E-state index in [1.807, 2.05) is 12.4 Å². The second-order valence-corrected chi connectivity index (χ2v) is 4.84. The Morgan fingerprint density at radius 3 is 2.56 bits per heavy atom. The van der Waals surface area contributed by atoms with Crippen LogP contribution in [0.2, 0.25) is 0 Å². The lowest BCUT2D eigenvalue weighted by Crippen LogP contribution is -2.25. The van der Waals surface area contributed by atoms with Crippen molar-refractivity contribution in [1.82, 2.24) is 10.3 Å². The van der Waals surface area contributed by atoms with Gasteiger partial charge in [0.05, 0.1) is 0 Å². The van der Waals surface area contributed by atoms with Gasteiger partial charge in [-0.25, -0.2) is 0 Å². The van der Waals surface area contributed by atoms with Gasteiger partial charge in [0.2, 0.25) is 0 Å². The Labute approximate surface area is 98.5 Å². The van der Waals surface area contributed by atoms with Crippen LogP contribution in [0.5, 0.6) is 0 Å². The van der Waals surface area contributed by atoms with Crippen molar-refractivity contribution < 1.29 is 0 Å². The van der Waals surface area contributed by atoms with Crippen LogP contribution >= 0.6 is 0 Å². The average Bonchev–Trinajstić information content (AvgIpc) is 2.38. The molecule has 1 aliphatic rings. The first kappa shape index (κ1) is 11.6. The lowest BCUT2D eigenvalue weighted by Gasteiger charge is -2.30. The monoisotopic (exact) mass is 218 g/mol. The van der Waals surface area contributed by atoms with Crippen LogP contribution in [0.15, 0.2) is 24.5 Å². The summed E-state index contributed by atoms with van der Waals surface area (Å²) in [5.41, 5.74) is 1.45. The van der Waals surface area contributed by atoms with E-state index in [0.29, 0.717) is 5.92 Å². The van der Waals surface area contributed by atoms with Gasteiger partial charge in [0.25, 0.3) is 0 Å². The van der Waals surface area contributed by atoms with Gasteiger partial charge in [0.1, 0.15) is 0 Å². The van der Waals surface area contributed by atoms with E-state index in [4.69, 9.17) is 0 Å². The van der Waals surface area contributed by atoms with Crippen LogP contribution in [0.1, 0.15) is 43.6 Å². The Balaban J connectivity index is 2.09. The molecule has 1 N–H and O–H groups in total. The van der Waals surface area contributed by atoms with Crippen LogP contribution in [0.25, 0.3) is 0 Å². The van der Waals surface area contributed by atoms with Crippen molar-refractivity contribution in [3.05, 3.63) is 30.1 Å². The Kier molecular flexibility index (Phi) is 4.34. The molecular weight excluding hydrogens is 196 g/mol. The molecule has 1 saturated carbocycles. The zero-order chi connectivity index (χ0) is 11.2. The molecule has 0 spiro atoms. The van der Waals surface area contributed by atoms with E-state index in [1.165, 1.54) is 37.7 Å². The highest BCUT2D eigenvalue weighted by molar-refractivity contribution is 5.17. The molecule has 1 heterocycles. The van der Waals surface area contributed by atoms with Gasteiger partial charge in [0.15, 0.2) is 0 Å². The lowest BCUT2D eigenvalue weighted by atomic mass is 9.77. The zero-order valence-electron chi connectivity index (χ0n) is 10.2. The maximum Gasteiger partial charge on any atom is 0.0270 e. The number of aromatic nitrogens is 1. The van der Waals surface area contributed by atoms with Crippen molar-refractivity contribution in [2.75, 3.05) is 13.6 Å². The van der Waals surface area contributed by atoms with E-state index < -0.39 is 0 Å². The van der Waals surface area contributed by atoms with E-state index in [1.54, 1.807) is 0 Å². The molecule has 1 atom stereocenters. The van der Waals surface area contributed by atoms with Crippen molar-refractivity contribution in [3.63, 3.8) is 0 Å². The molecule has 0 saturated heterocycles. The molecule has 16 heavy (non-hydrogen) atoms. The van der Waals surface area contributed by atoms with Crippen molar-refractivity contribution in [1.29, 1.82) is 0 Å². The molecule has 1 aromatic heterocycles. The summed E-state index contributed by atoms with van der Waals surface area (Å²) >= 11 is 0. The molecule has 0 aromatic carbocycles. The Hall–Kier alpha value is -0.890. The summed E-state index contributed by atoms with van der Waals surface area (Å²) < 4.78 is 0. The number of nitrogens with zero attached hydrogens (tertiary/aromatic N) is 1. The molecule has 1 unspecified atom stereocenters. The molecule has 1 fully saturated rings. The number of pyridine rings is 1. The molecule has 0 bridgehead atoms. The fraction of sp³-hybridized carbons (Fsp3) is 0.643. The summed E-state index contributed by atoms with van der Waals surface area (Å²) in [5, 5.41) is 3.34. The molecule has 0 radical (unpaired) electrons. The summed E-state index contributed by atoms with van der Waals surface area (Å²) in [6.07, 6.45) is 10.9. The van der Waals surface area contributed by atoms with Crippen molar-refractivity contribution in [2.45, 2.75) is 38.0 Å². The molecule has 88 valence electrons. The summed E-state index contributed by atoms with van der Waals surface area (Å²) in [7, 11) is 2.05. The first-order valence-electron chi connectivity index (χ1n) is 6.46. The normalized spacial score (nSPS) is 19.6. The van der Waals surface area contributed by atoms with Gasteiger partial charge in [-0.15, -0.1) is 0 Å². The third-order valence-electron chi connectivity index (χ3n) is 3.78. The van der Waals surface area contributed by atoms with Crippen molar-refractivity contribution in [3.8, 4) is 0 Å². The van der Waals surface area contributed by atoms with Crippen LogP contribution < -0.4 is 5.32 Å². The predicted octanol–water partition coefficient (Wildman–Crippen LogP) is 2.96. The third-order valence-corrected chi connectivity index (χ3v) is 3.78. The maximum absolute atomic E-state index is 4.11. The molecular formula is C14H22N2. The predicted molar refractivity (Wildman–Crippen MR) is 67.5 cm³/mol. The summed E-state index contributed by atoms with van der Waals surface area (Å²) in [6.45, 7) is 1.09. The third kappa shape index (κ3) is 2.82. The van der Waals surface area contributed by atoms with Crippen molar-refractivity contribution >= 4 is 0 Å². The highest BCUT2D eigenvalue weighted by atomic mass is 14.8.